The molecule has 10 heteroatoms. The topological polar surface area (TPSA) is 132 Å². The van der Waals surface area contributed by atoms with Gasteiger partial charge in [-0.2, -0.15) is 10.1 Å². The van der Waals surface area contributed by atoms with Crippen LogP contribution in [0.25, 0.3) is 0 Å². The third-order valence-corrected chi connectivity index (χ3v) is 2.29. The monoisotopic (exact) mass is 280 g/mol. The number of hydrogen-bond acceptors (Lipinski definition) is 7. The maximum Gasteiger partial charge on any atom is 0.270 e. The summed E-state index contributed by atoms with van der Waals surface area (Å²) in [5.74, 6) is 0.164. The minimum Gasteiger partial charge on any atom is -0.507 e. The second-order valence-corrected chi connectivity index (χ2v) is 3.77. The molecule has 9 nitrogen and oxygen atoms in total. The molecule has 0 amide bonds. The standard InChI is InChI=1S/C9H8N6O3S/c16-7-2-1-6(15(17)18)3-5(7)4-10-12-8-11-9(19)14-13-8/h1-4,16H,(H3,11,12,13,14,19)/b10-4-. The SMILES string of the molecule is O=[N+]([O-])c1ccc(O)c(/C=N\Nc2nc(=S)[nH][nH]2)c1. The van der Waals surface area contributed by atoms with Crippen LogP contribution in [0, 0.1) is 14.9 Å². The average Bonchev–Trinajstić information content (AvgIpc) is 2.77. The van der Waals surface area contributed by atoms with E-state index in [1.807, 2.05) is 0 Å². The second-order valence-electron chi connectivity index (χ2n) is 3.39. The molecule has 4 N–H and O–H groups in total. The molecule has 0 saturated carbocycles. The third-order valence-electron chi connectivity index (χ3n) is 2.10. The number of phenolic OH excluding ortho intramolecular Hbond substituents is 1. The molecule has 0 aliphatic rings. The number of nitrogens with zero attached hydrogens (tertiary/aromatic N) is 3. The van der Waals surface area contributed by atoms with Crippen LogP contribution in [0.3, 0.4) is 0 Å². The fraction of sp³-hybridized carbons (Fsp3) is 0. The summed E-state index contributed by atoms with van der Waals surface area (Å²) in [6.45, 7) is 0. The second kappa shape index (κ2) is 5.27. The number of rotatable bonds is 4. The maximum absolute atomic E-state index is 10.6. The molecule has 0 aliphatic heterocycles. The van der Waals surface area contributed by atoms with Crippen LogP contribution in [0.2, 0.25) is 0 Å². The summed E-state index contributed by atoms with van der Waals surface area (Å²) in [4.78, 5) is 13.9. The predicted octanol–water partition coefficient (Wildman–Crippen LogP) is 1.53. The highest BCUT2D eigenvalue weighted by atomic mass is 32.1. The van der Waals surface area contributed by atoms with Gasteiger partial charge in [0.1, 0.15) is 5.75 Å². The third kappa shape index (κ3) is 3.13. The molecule has 98 valence electrons. The first-order valence-electron chi connectivity index (χ1n) is 4.97. The number of nitro groups is 1. The Morgan fingerprint density at radius 3 is 2.95 bits per heavy atom. The van der Waals surface area contributed by atoms with Crippen LogP contribution in [0.15, 0.2) is 23.3 Å². The summed E-state index contributed by atoms with van der Waals surface area (Å²) in [6.07, 6.45) is 1.23. The number of hydrazone groups is 1. The van der Waals surface area contributed by atoms with Crippen molar-refractivity contribution < 1.29 is 10.0 Å². The molecule has 2 rings (SSSR count). The van der Waals surface area contributed by atoms with Crippen LogP contribution in [0.4, 0.5) is 11.6 Å². The van der Waals surface area contributed by atoms with Gasteiger partial charge < -0.3 is 5.11 Å². The van der Waals surface area contributed by atoms with E-state index in [2.05, 4.69) is 25.7 Å². The van der Waals surface area contributed by atoms with Gasteiger partial charge >= 0.3 is 0 Å². The number of hydrogen-bond donors (Lipinski definition) is 4. The lowest BCUT2D eigenvalue weighted by atomic mass is 10.2. The van der Waals surface area contributed by atoms with Crippen molar-refractivity contribution in [3.8, 4) is 5.75 Å². The molecule has 0 aliphatic carbocycles. The number of aromatic amines is 2. The van der Waals surface area contributed by atoms with E-state index < -0.39 is 4.92 Å². The highest BCUT2D eigenvalue weighted by Crippen LogP contribution is 2.21. The smallest absolute Gasteiger partial charge is 0.270 e. The Morgan fingerprint density at radius 2 is 2.32 bits per heavy atom. The van der Waals surface area contributed by atoms with E-state index in [1.54, 1.807) is 0 Å². The van der Waals surface area contributed by atoms with Gasteiger partial charge in [-0.05, 0) is 18.3 Å². The van der Waals surface area contributed by atoms with Gasteiger partial charge in [-0.15, -0.1) is 0 Å². The van der Waals surface area contributed by atoms with Gasteiger partial charge in [0.05, 0.1) is 11.1 Å². The number of aromatic nitrogens is 3. The quantitative estimate of drug-likeness (QED) is 0.290. The normalized spacial score (nSPS) is 10.7. The molecule has 0 radical (unpaired) electrons. The van der Waals surface area contributed by atoms with Crippen molar-refractivity contribution in [2.75, 3.05) is 5.43 Å². The Morgan fingerprint density at radius 1 is 1.53 bits per heavy atom. The van der Waals surface area contributed by atoms with Gasteiger partial charge in [-0.3, -0.25) is 20.3 Å². The van der Waals surface area contributed by atoms with Crippen molar-refractivity contribution in [3.05, 3.63) is 38.6 Å². The lowest BCUT2D eigenvalue weighted by molar-refractivity contribution is -0.384. The molecule has 19 heavy (non-hydrogen) atoms. The number of nitro benzene ring substituents is 1. The van der Waals surface area contributed by atoms with Gasteiger partial charge in [-0.1, -0.05) is 0 Å². The van der Waals surface area contributed by atoms with Crippen LogP contribution in [0.5, 0.6) is 5.75 Å². The summed E-state index contributed by atoms with van der Waals surface area (Å²) in [6, 6.07) is 3.62. The Kier molecular flexibility index (Phi) is 3.52. The number of anilines is 1. The number of nitrogens with one attached hydrogen (secondary N) is 3. The van der Waals surface area contributed by atoms with E-state index in [0.717, 1.165) is 0 Å². The number of aromatic hydroxyl groups is 1. The van der Waals surface area contributed by atoms with Crippen molar-refractivity contribution in [2.24, 2.45) is 5.10 Å². The van der Waals surface area contributed by atoms with E-state index in [4.69, 9.17) is 12.2 Å². The fourth-order valence-electron chi connectivity index (χ4n) is 1.24. The Hall–Kier alpha value is -2.75. The van der Waals surface area contributed by atoms with Crippen LogP contribution < -0.4 is 5.43 Å². The highest BCUT2D eigenvalue weighted by molar-refractivity contribution is 7.71. The zero-order chi connectivity index (χ0) is 13.8. The largest absolute Gasteiger partial charge is 0.507 e. The number of H-pyrrole nitrogens is 2. The van der Waals surface area contributed by atoms with E-state index in [-0.39, 0.29) is 27.7 Å². The van der Waals surface area contributed by atoms with Crippen LogP contribution >= 0.6 is 12.2 Å². The Balaban J connectivity index is 2.16. The van der Waals surface area contributed by atoms with E-state index in [1.165, 1.54) is 24.4 Å². The maximum atomic E-state index is 10.6. The number of benzene rings is 1. The van der Waals surface area contributed by atoms with Crippen molar-refractivity contribution in [1.82, 2.24) is 15.2 Å². The molecule has 2 aromatic rings. The molecule has 0 saturated heterocycles. The highest BCUT2D eigenvalue weighted by Gasteiger charge is 2.08. The molecule has 1 heterocycles. The molecule has 0 atom stereocenters. The zero-order valence-electron chi connectivity index (χ0n) is 9.32. The summed E-state index contributed by atoms with van der Waals surface area (Å²) in [7, 11) is 0. The molecular weight excluding hydrogens is 272 g/mol. The minimum atomic E-state index is -0.560. The van der Waals surface area contributed by atoms with Crippen LogP contribution in [-0.4, -0.2) is 31.4 Å². The molecule has 0 fully saturated rings. The van der Waals surface area contributed by atoms with Gasteiger partial charge in [0.25, 0.3) is 5.69 Å². The molecule has 0 unspecified atom stereocenters. The number of phenols is 1. The summed E-state index contributed by atoms with van der Waals surface area (Å²) in [5.41, 5.74) is 2.58. The van der Waals surface area contributed by atoms with E-state index in [9.17, 15) is 15.2 Å². The fourth-order valence-corrected chi connectivity index (χ4v) is 1.39. The van der Waals surface area contributed by atoms with Crippen LogP contribution in [0.1, 0.15) is 5.56 Å². The van der Waals surface area contributed by atoms with Crippen molar-refractivity contribution in [3.63, 3.8) is 0 Å². The molecular formula is C9H8N6O3S. The zero-order valence-corrected chi connectivity index (χ0v) is 10.1. The Bertz CT molecular complexity index is 691. The van der Waals surface area contributed by atoms with Gasteiger partial charge in [0.15, 0.2) is 0 Å². The molecule has 1 aromatic heterocycles. The minimum absolute atomic E-state index is 0.119. The van der Waals surface area contributed by atoms with E-state index in [0.29, 0.717) is 0 Å². The first-order valence-corrected chi connectivity index (χ1v) is 5.38. The van der Waals surface area contributed by atoms with Gasteiger partial charge in [0, 0.05) is 17.7 Å². The number of non-ortho nitro benzene ring substituents is 1. The van der Waals surface area contributed by atoms with Crippen LogP contribution in [-0.2, 0) is 0 Å². The summed E-state index contributed by atoms with van der Waals surface area (Å²) in [5, 5.41) is 29.1. The van der Waals surface area contributed by atoms with Crippen molar-refractivity contribution in [1.29, 1.82) is 0 Å². The molecule has 0 spiro atoms. The van der Waals surface area contributed by atoms with Crippen molar-refractivity contribution >= 4 is 30.1 Å². The average molecular weight is 280 g/mol. The van der Waals surface area contributed by atoms with Crippen molar-refractivity contribution in [2.45, 2.75) is 0 Å². The first-order chi connectivity index (χ1) is 9.06. The first kappa shape index (κ1) is 12.7. The Labute approximate surface area is 111 Å². The summed E-state index contributed by atoms with van der Waals surface area (Å²) < 4.78 is 0.260. The molecule has 0 bridgehead atoms. The van der Waals surface area contributed by atoms with E-state index >= 15 is 0 Å². The predicted molar refractivity (Wildman–Crippen MR) is 69.8 cm³/mol. The summed E-state index contributed by atoms with van der Waals surface area (Å²) >= 11 is 4.74. The van der Waals surface area contributed by atoms with Gasteiger partial charge in [0.2, 0.25) is 10.7 Å². The lowest BCUT2D eigenvalue weighted by Crippen LogP contribution is -1.94. The lowest BCUT2D eigenvalue weighted by Gasteiger charge is -1.98. The molecule has 1 aromatic carbocycles. The van der Waals surface area contributed by atoms with Gasteiger partial charge in [-0.25, -0.2) is 5.43 Å².